The molecule has 226 valence electrons. The normalized spacial score (nSPS) is 16.0. The third-order valence-corrected chi connectivity index (χ3v) is 7.34. The molecule has 0 saturated heterocycles. The molecule has 0 spiro atoms. The maximum absolute atomic E-state index is 14.0. The number of nitrogens with zero attached hydrogens (tertiary/aromatic N) is 4. The molecule has 43 heavy (non-hydrogen) atoms. The van der Waals surface area contributed by atoms with Gasteiger partial charge in [0.25, 0.3) is 5.91 Å². The zero-order valence-corrected chi connectivity index (χ0v) is 23.8. The second-order valence-corrected chi connectivity index (χ2v) is 10.4. The highest BCUT2D eigenvalue weighted by atomic mass is 16.4. The number of carbonyl (C=O) groups is 5. The quantitative estimate of drug-likeness (QED) is 0.188. The molecule has 4 atom stereocenters. The average Bonchev–Trinajstić information content (AvgIpc) is 3.66. The topological polar surface area (TPSA) is 199 Å². The molecule has 3 unspecified atom stereocenters. The number of carboxylic acids is 1. The molecule has 0 saturated carbocycles. The Kier molecular flexibility index (Phi) is 10.1. The number of benzene rings is 2. The van der Waals surface area contributed by atoms with E-state index in [0.29, 0.717) is 17.7 Å². The Morgan fingerprint density at radius 1 is 1.05 bits per heavy atom. The van der Waals surface area contributed by atoms with E-state index in [1.807, 2.05) is 13.0 Å². The predicted octanol–water partition coefficient (Wildman–Crippen LogP) is 0.507. The van der Waals surface area contributed by atoms with Crippen LogP contribution in [0, 0.1) is 5.92 Å². The Hall–Kier alpha value is -5.14. The predicted molar refractivity (Wildman–Crippen MR) is 153 cm³/mol. The van der Waals surface area contributed by atoms with E-state index in [4.69, 9.17) is 0 Å². The van der Waals surface area contributed by atoms with Crippen LogP contribution in [0.25, 0.3) is 0 Å². The van der Waals surface area contributed by atoms with E-state index >= 15 is 0 Å². The lowest BCUT2D eigenvalue weighted by molar-refractivity contribution is -0.140. The number of amides is 4. The summed E-state index contributed by atoms with van der Waals surface area (Å²) in [6.07, 6.45) is 0.0253. The van der Waals surface area contributed by atoms with Crippen molar-refractivity contribution in [3.8, 4) is 0 Å². The fourth-order valence-electron chi connectivity index (χ4n) is 4.92. The van der Waals surface area contributed by atoms with E-state index in [2.05, 4.69) is 36.6 Å². The first-order valence-corrected chi connectivity index (χ1v) is 13.9. The monoisotopic (exact) mass is 590 g/mol. The summed E-state index contributed by atoms with van der Waals surface area (Å²) < 4.78 is 0. The Morgan fingerprint density at radius 2 is 1.77 bits per heavy atom. The molecule has 2 aromatic carbocycles. The van der Waals surface area contributed by atoms with Crippen molar-refractivity contribution in [2.45, 2.75) is 64.2 Å². The van der Waals surface area contributed by atoms with Crippen LogP contribution in [0.1, 0.15) is 43.6 Å². The lowest BCUT2D eigenvalue weighted by Gasteiger charge is -2.30. The van der Waals surface area contributed by atoms with Crippen LogP contribution < -0.4 is 20.9 Å². The van der Waals surface area contributed by atoms with E-state index in [1.54, 1.807) is 55.5 Å². The van der Waals surface area contributed by atoms with Gasteiger partial charge in [-0.25, -0.2) is 0 Å². The number of H-pyrrole nitrogens is 1. The van der Waals surface area contributed by atoms with Crippen molar-refractivity contribution in [3.05, 3.63) is 71.5 Å². The zero-order chi connectivity index (χ0) is 30.9. The second-order valence-electron chi connectivity index (χ2n) is 10.4. The first-order chi connectivity index (χ1) is 20.7. The molecule has 2 heterocycles. The molecule has 4 rings (SSSR count). The van der Waals surface area contributed by atoms with Gasteiger partial charge in [0.05, 0.1) is 19.4 Å². The van der Waals surface area contributed by atoms with Crippen molar-refractivity contribution in [1.29, 1.82) is 0 Å². The van der Waals surface area contributed by atoms with E-state index in [-0.39, 0.29) is 37.0 Å². The summed E-state index contributed by atoms with van der Waals surface area (Å²) >= 11 is 0. The van der Waals surface area contributed by atoms with E-state index in [9.17, 15) is 29.1 Å². The van der Waals surface area contributed by atoms with Crippen molar-refractivity contribution >= 4 is 35.3 Å². The minimum Gasteiger partial charge on any atom is -0.481 e. The van der Waals surface area contributed by atoms with Gasteiger partial charge in [-0.2, -0.15) is 5.21 Å². The second kappa shape index (κ2) is 14.2. The van der Waals surface area contributed by atoms with Gasteiger partial charge in [0.15, 0.2) is 5.82 Å². The van der Waals surface area contributed by atoms with Crippen LogP contribution in [0.15, 0.2) is 54.6 Å². The van der Waals surface area contributed by atoms with Gasteiger partial charge in [-0.1, -0.05) is 74.0 Å². The van der Waals surface area contributed by atoms with E-state index < -0.39 is 48.2 Å². The fourth-order valence-corrected chi connectivity index (χ4v) is 4.92. The number of tetrazole rings is 1. The summed E-state index contributed by atoms with van der Waals surface area (Å²) in [5, 5.41) is 31.0. The Balaban J connectivity index is 1.54. The Labute approximate surface area is 247 Å². The molecule has 14 nitrogen and oxygen atoms in total. The number of hydrogen-bond acceptors (Lipinski definition) is 8. The molecule has 0 radical (unpaired) electrons. The molecular weight excluding hydrogens is 556 g/mol. The lowest BCUT2D eigenvalue weighted by atomic mass is 9.97. The number of carbonyl (C=O) groups excluding carboxylic acids is 4. The largest absolute Gasteiger partial charge is 0.481 e. The Morgan fingerprint density at radius 3 is 2.44 bits per heavy atom. The highest BCUT2D eigenvalue weighted by Crippen LogP contribution is 2.33. The maximum atomic E-state index is 14.0. The summed E-state index contributed by atoms with van der Waals surface area (Å²) in [4.78, 5) is 66.7. The number of carboxylic acid groups (broad SMARTS) is 1. The van der Waals surface area contributed by atoms with Gasteiger partial charge in [0.2, 0.25) is 17.7 Å². The molecule has 1 aliphatic rings. The molecule has 0 aliphatic carbocycles. The van der Waals surface area contributed by atoms with Gasteiger partial charge in [0, 0.05) is 12.1 Å². The third kappa shape index (κ3) is 7.78. The highest BCUT2D eigenvalue weighted by Gasteiger charge is 2.42. The van der Waals surface area contributed by atoms with Crippen LogP contribution in [-0.4, -0.2) is 73.5 Å². The standard InChI is InChI=1S/C29H34N8O6/c1-3-17(2)26(32-24(38)13-18-9-5-4-6-10-18)28(42)31-20(15-25(39)40)29(43)37-21-12-8-7-11-19(21)14-22(37)27(41)30-16-23-33-35-36-34-23/h4-12,17,20,22,26H,3,13-16H2,1-2H3,(H,30,41)(H,31,42)(H,32,38)(H,39,40)(H,33,34,35,36)/t17?,20?,22-,26?/m0/s1. The molecule has 1 aromatic heterocycles. The number of anilines is 1. The van der Waals surface area contributed by atoms with Gasteiger partial charge in [-0.3, -0.25) is 28.9 Å². The summed E-state index contributed by atoms with van der Waals surface area (Å²) in [5.74, 6) is -3.77. The summed E-state index contributed by atoms with van der Waals surface area (Å²) in [6.45, 7) is 3.59. The van der Waals surface area contributed by atoms with Gasteiger partial charge in [-0.05, 0) is 23.1 Å². The Bertz CT molecular complexity index is 1450. The van der Waals surface area contributed by atoms with Gasteiger partial charge in [-0.15, -0.1) is 10.2 Å². The van der Waals surface area contributed by atoms with Crippen LogP contribution in [0.5, 0.6) is 0 Å². The van der Waals surface area contributed by atoms with Crippen LogP contribution >= 0.6 is 0 Å². The highest BCUT2D eigenvalue weighted by molar-refractivity contribution is 6.08. The number of hydrogen-bond donors (Lipinski definition) is 5. The molecule has 4 amide bonds. The van der Waals surface area contributed by atoms with Crippen LogP contribution in [-0.2, 0) is 43.4 Å². The fraction of sp³-hybridized carbons (Fsp3) is 0.379. The average molecular weight is 591 g/mol. The van der Waals surface area contributed by atoms with Crippen molar-refractivity contribution in [2.24, 2.45) is 5.92 Å². The lowest BCUT2D eigenvalue weighted by Crippen LogP contribution is -2.59. The smallest absolute Gasteiger partial charge is 0.305 e. The maximum Gasteiger partial charge on any atom is 0.305 e. The first kappa shape index (κ1) is 30.8. The molecule has 14 heteroatoms. The molecule has 0 fully saturated rings. The van der Waals surface area contributed by atoms with Crippen molar-refractivity contribution < 1.29 is 29.1 Å². The van der Waals surface area contributed by atoms with Crippen molar-refractivity contribution in [1.82, 2.24) is 36.6 Å². The van der Waals surface area contributed by atoms with E-state index in [1.165, 1.54) is 4.90 Å². The number of nitrogens with one attached hydrogen (secondary N) is 4. The summed E-state index contributed by atoms with van der Waals surface area (Å²) in [6, 6.07) is 12.4. The van der Waals surface area contributed by atoms with Gasteiger partial charge < -0.3 is 21.1 Å². The molecular formula is C29H34N8O6. The number of aliphatic carboxylic acids is 1. The third-order valence-electron chi connectivity index (χ3n) is 7.34. The number of aromatic nitrogens is 4. The number of rotatable bonds is 13. The molecule has 0 bridgehead atoms. The number of aromatic amines is 1. The van der Waals surface area contributed by atoms with Crippen molar-refractivity contribution in [3.63, 3.8) is 0 Å². The van der Waals surface area contributed by atoms with Crippen molar-refractivity contribution in [2.75, 3.05) is 4.90 Å². The van der Waals surface area contributed by atoms with Gasteiger partial charge in [0.1, 0.15) is 18.1 Å². The number of fused-ring (bicyclic) bond motifs is 1. The van der Waals surface area contributed by atoms with Crippen LogP contribution in [0.4, 0.5) is 5.69 Å². The van der Waals surface area contributed by atoms with Crippen LogP contribution in [0.2, 0.25) is 0 Å². The summed E-state index contributed by atoms with van der Waals surface area (Å²) in [7, 11) is 0. The van der Waals surface area contributed by atoms with Gasteiger partial charge >= 0.3 is 5.97 Å². The molecule has 3 aromatic rings. The van der Waals surface area contributed by atoms with E-state index in [0.717, 1.165) is 5.56 Å². The minimum atomic E-state index is -1.51. The SMILES string of the molecule is CCC(C)C(NC(=O)Cc1ccccc1)C(=O)NC(CC(=O)O)C(=O)N1c2ccccc2C[C@H]1C(=O)NCc1nn[nH]n1. The number of para-hydroxylation sites is 1. The molecule has 5 N–H and O–H groups in total. The molecule has 1 aliphatic heterocycles. The summed E-state index contributed by atoms with van der Waals surface area (Å²) in [5.41, 5.74) is 1.91. The first-order valence-electron chi connectivity index (χ1n) is 13.9. The zero-order valence-electron chi connectivity index (χ0n) is 23.8. The van der Waals surface area contributed by atoms with Crippen LogP contribution in [0.3, 0.4) is 0 Å². The minimum absolute atomic E-state index is 0.0429.